The number of piperidine rings is 1. The molecule has 1 N–H and O–H groups in total. The lowest BCUT2D eigenvalue weighted by molar-refractivity contribution is 0.0987. The van der Waals surface area contributed by atoms with E-state index in [1.807, 2.05) is 12.1 Å². The quantitative estimate of drug-likeness (QED) is 0.707. The fourth-order valence-corrected chi connectivity index (χ4v) is 5.28. The Bertz CT molecular complexity index is 1030. The maximum atomic E-state index is 10.1. The predicted octanol–water partition coefficient (Wildman–Crippen LogP) is 4.24. The van der Waals surface area contributed by atoms with E-state index in [0.29, 0.717) is 11.7 Å². The van der Waals surface area contributed by atoms with Gasteiger partial charge < -0.3 is 10.0 Å². The number of hydrogen-bond acceptors (Lipinski definition) is 3. The zero-order valence-electron chi connectivity index (χ0n) is 16.1. The van der Waals surface area contributed by atoms with Crippen LogP contribution in [0.2, 0.25) is 0 Å². The molecule has 0 radical (unpaired) electrons. The van der Waals surface area contributed by atoms with E-state index in [2.05, 4.69) is 49.2 Å². The van der Waals surface area contributed by atoms with Gasteiger partial charge >= 0.3 is 0 Å². The number of hydrogen-bond donors (Lipinski definition) is 1. The largest absolute Gasteiger partial charge is 0.508 e. The Morgan fingerprint density at radius 2 is 2.04 bits per heavy atom. The standard InChI is InChI=1S/C24H26N2O/c1-16-6-7-17-11-18-12-20-15-26(2)9-8-24(20,14-23(18)25-22(17)10-16)19-4-3-5-21(27)13-19/h3-7,10-11,13,20,27H,8-9,12,14-15H2,1-2H3/t20-,24-/m0/s1. The highest BCUT2D eigenvalue weighted by Crippen LogP contribution is 2.48. The van der Waals surface area contributed by atoms with Gasteiger partial charge in [-0.05, 0) is 80.2 Å². The number of benzene rings is 2. The van der Waals surface area contributed by atoms with Crippen molar-refractivity contribution < 1.29 is 5.11 Å². The van der Waals surface area contributed by atoms with Crippen molar-refractivity contribution in [1.29, 1.82) is 0 Å². The van der Waals surface area contributed by atoms with Gasteiger partial charge in [-0.1, -0.05) is 24.3 Å². The highest BCUT2D eigenvalue weighted by atomic mass is 16.3. The first-order chi connectivity index (χ1) is 13.0. The van der Waals surface area contributed by atoms with Crippen LogP contribution in [0.3, 0.4) is 0 Å². The number of aromatic hydroxyl groups is 1. The van der Waals surface area contributed by atoms with Crippen molar-refractivity contribution in [3.8, 4) is 5.75 Å². The van der Waals surface area contributed by atoms with Crippen LogP contribution in [0.15, 0.2) is 48.5 Å². The SMILES string of the molecule is Cc1ccc2cc3c(nc2c1)C[C@]1(c2cccc(O)c2)CCN(C)C[C@@H]1C3. The molecule has 1 fully saturated rings. The Labute approximate surface area is 160 Å². The molecule has 27 heavy (non-hydrogen) atoms. The van der Waals surface area contributed by atoms with Gasteiger partial charge in [0.05, 0.1) is 5.52 Å². The van der Waals surface area contributed by atoms with Crippen LogP contribution < -0.4 is 0 Å². The second kappa shape index (κ2) is 6.07. The number of phenols is 1. The normalized spacial score (nSPS) is 25.2. The van der Waals surface area contributed by atoms with Gasteiger partial charge in [-0.15, -0.1) is 0 Å². The van der Waals surface area contributed by atoms with Crippen molar-refractivity contribution >= 4 is 10.9 Å². The fourth-order valence-electron chi connectivity index (χ4n) is 5.28. The summed E-state index contributed by atoms with van der Waals surface area (Å²) in [5.74, 6) is 0.919. The van der Waals surface area contributed by atoms with Crippen molar-refractivity contribution in [2.45, 2.75) is 31.6 Å². The number of phenolic OH excluding ortho intramolecular Hbond substituents is 1. The number of nitrogens with zero attached hydrogens (tertiary/aromatic N) is 2. The van der Waals surface area contributed by atoms with E-state index in [1.54, 1.807) is 6.07 Å². The number of aromatic nitrogens is 1. The molecule has 3 heteroatoms. The minimum atomic E-state index is 0.0722. The molecular weight excluding hydrogens is 332 g/mol. The highest BCUT2D eigenvalue weighted by Gasteiger charge is 2.47. The van der Waals surface area contributed by atoms with Crippen LogP contribution in [0.25, 0.3) is 10.9 Å². The van der Waals surface area contributed by atoms with Gasteiger partial charge in [0.25, 0.3) is 0 Å². The lowest BCUT2D eigenvalue weighted by Gasteiger charge is -2.50. The Morgan fingerprint density at radius 3 is 2.89 bits per heavy atom. The molecule has 1 aromatic heterocycles. The Kier molecular flexibility index (Phi) is 3.76. The molecule has 138 valence electrons. The molecule has 2 aromatic carbocycles. The van der Waals surface area contributed by atoms with Gasteiger partial charge in [0, 0.05) is 29.5 Å². The second-order valence-electron chi connectivity index (χ2n) is 8.59. The molecule has 1 aliphatic heterocycles. The van der Waals surface area contributed by atoms with Crippen LogP contribution in [0, 0.1) is 12.8 Å². The van der Waals surface area contributed by atoms with Crippen LogP contribution >= 0.6 is 0 Å². The molecule has 0 unspecified atom stereocenters. The zero-order valence-corrected chi connectivity index (χ0v) is 16.1. The van der Waals surface area contributed by atoms with Gasteiger partial charge in [0.1, 0.15) is 5.75 Å². The molecule has 3 nitrogen and oxygen atoms in total. The minimum absolute atomic E-state index is 0.0722. The van der Waals surface area contributed by atoms with Crippen molar-refractivity contribution in [3.05, 3.63) is 70.9 Å². The summed E-state index contributed by atoms with van der Waals surface area (Å²) in [7, 11) is 2.23. The fraction of sp³-hybridized carbons (Fsp3) is 0.375. The second-order valence-corrected chi connectivity index (χ2v) is 8.59. The van der Waals surface area contributed by atoms with Crippen molar-refractivity contribution in [2.24, 2.45) is 5.92 Å². The molecule has 2 heterocycles. The first-order valence-corrected chi connectivity index (χ1v) is 9.91. The van der Waals surface area contributed by atoms with E-state index in [0.717, 1.165) is 37.9 Å². The van der Waals surface area contributed by atoms with Crippen LogP contribution in [0.1, 0.15) is 28.8 Å². The Morgan fingerprint density at radius 1 is 1.15 bits per heavy atom. The zero-order chi connectivity index (χ0) is 18.6. The molecule has 3 aromatic rings. The maximum absolute atomic E-state index is 10.1. The first kappa shape index (κ1) is 16.8. The highest BCUT2D eigenvalue weighted by molar-refractivity contribution is 5.80. The summed E-state index contributed by atoms with van der Waals surface area (Å²) < 4.78 is 0. The van der Waals surface area contributed by atoms with Crippen LogP contribution in [-0.4, -0.2) is 35.1 Å². The van der Waals surface area contributed by atoms with E-state index in [4.69, 9.17) is 4.98 Å². The average Bonchev–Trinajstić information content (AvgIpc) is 2.65. The number of pyridine rings is 1. The molecule has 1 aliphatic carbocycles. The molecule has 0 spiro atoms. The molecule has 1 saturated heterocycles. The Hall–Kier alpha value is -2.39. The summed E-state index contributed by atoms with van der Waals surface area (Å²) in [4.78, 5) is 7.56. The molecule has 0 amide bonds. The maximum Gasteiger partial charge on any atom is 0.115 e. The minimum Gasteiger partial charge on any atom is -0.508 e. The van der Waals surface area contributed by atoms with Crippen molar-refractivity contribution in [1.82, 2.24) is 9.88 Å². The number of aryl methyl sites for hydroxylation is 1. The third-order valence-electron chi connectivity index (χ3n) is 6.77. The molecule has 2 atom stereocenters. The van der Waals surface area contributed by atoms with E-state index in [1.165, 1.54) is 27.8 Å². The van der Waals surface area contributed by atoms with Gasteiger partial charge in [0.15, 0.2) is 0 Å². The monoisotopic (exact) mass is 358 g/mol. The molecule has 2 aliphatic rings. The lowest BCUT2D eigenvalue weighted by Crippen LogP contribution is -2.53. The summed E-state index contributed by atoms with van der Waals surface area (Å²) in [5, 5.41) is 11.4. The van der Waals surface area contributed by atoms with Crippen LogP contribution in [0.4, 0.5) is 0 Å². The lowest BCUT2D eigenvalue weighted by atomic mass is 9.58. The summed E-state index contributed by atoms with van der Waals surface area (Å²) >= 11 is 0. The third kappa shape index (κ3) is 2.72. The van der Waals surface area contributed by atoms with Gasteiger partial charge in [-0.3, -0.25) is 4.98 Å². The van der Waals surface area contributed by atoms with E-state index in [9.17, 15) is 5.11 Å². The number of rotatable bonds is 1. The first-order valence-electron chi connectivity index (χ1n) is 9.91. The molecule has 5 rings (SSSR count). The summed E-state index contributed by atoms with van der Waals surface area (Å²) in [6, 6.07) is 16.9. The van der Waals surface area contributed by atoms with E-state index < -0.39 is 0 Å². The molecule has 0 saturated carbocycles. The number of likely N-dealkylation sites (tertiary alicyclic amines) is 1. The van der Waals surface area contributed by atoms with Crippen LogP contribution in [0.5, 0.6) is 5.75 Å². The van der Waals surface area contributed by atoms with Gasteiger partial charge in [-0.25, -0.2) is 0 Å². The average molecular weight is 358 g/mol. The van der Waals surface area contributed by atoms with E-state index >= 15 is 0 Å². The van der Waals surface area contributed by atoms with Crippen molar-refractivity contribution in [3.63, 3.8) is 0 Å². The smallest absolute Gasteiger partial charge is 0.115 e. The Balaban J connectivity index is 1.66. The van der Waals surface area contributed by atoms with E-state index in [-0.39, 0.29) is 5.41 Å². The predicted molar refractivity (Wildman–Crippen MR) is 109 cm³/mol. The molecule has 0 bridgehead atoms. The number of fused-ring (bicyclic) bond motifs is 3. The summed E-state index contributed by atoms with van der Waals surface area (Å²) in [5.41, 5.74) is 6.36. The summed E-state index contributed by atoms with van der Waals surface area (Å²) in [6.45, 7) is 4.32. The van der Waals surface area contributed by atoms with Gasteiger partial charge in [0.2, 0.25) is 0 Å². The topological polar surface area (TPSA) is 36.4 Å². The van der Waals surface area contributed by atoms with Gasteiger partial charge in [-0.2, -0.15) is 0 Å². The summed E-state index contributed by atoms with van der Waals surface area (Å²) in [6.07, 6.45) is 3.14. The van der Waals surface area contributed by atoms with Crippen molar-refractivity contribution in [2.75, 3.05) is 20.1 Å². The van der Waals surface area contributed by atoms with Crippen LogP contribution in [-0.2, 0) is 18.3 Å². The molecular formula is C24H26N2O. The third-order valence-corrected chi connectivity index (χ3v) is 6.77.